The maximum atomic E-state index is 10.5. The summed E-state index contributed by atoms with van der Waals surface area (Å²) in [6.45, 7) is 0.164. The van der Waals surface area contributed by atoms with Crippen molar-refractivity contribution in [3.05, 3.63) is 36.0 Å². The lowest BCUT2D eigenvalue weighted by molar-refractivity contribution is 0.309. The van der Waals surface area contributed by atoms with E-state index in [1.807, 2.05) is 18.2 Å². The molecule has 0 spiro atoms. The second kappa shape index (κ2) is 6.62. The van der Waals surface area contributed by atoms with Gasteiger partial charge in [0.05, 0.1) is 6.61 Å². The zero-order valence-electron chi connectivity index (χ0n) is 9.13. The van der Waals surface area contributed by atoms with Crippen LogP contribution in [0.1, 0.15) is 25.7 Å². The molecule has 0 amide bonds. The van der Waals surface area contributed by atoms with Crippen LogP contribution in [-0.2, 0) is 14.5 Å². The topological polar surface area (TPSA) is 69.4 Å². The third kappa shape index (κ3) is 6.55. The van der Waals surface area contributed by atoms with Crippen molar-refractivity contribution < 1.29 is 12.6 Å². The molecule has 0 bridgehead atoms. The van der Waals surface area contributed by atoms with Crippen LogP contribution in [0, 0.1) is 0 Å². The summed E-state index contributed by atoms with van der Waals surface area (Å²) in [6.07, 6.45) is 13.8. The van der Waals surface area contributed by atoms with Gasteiger partial charge in [-0.05, 0) is 25.7 Å². The van der Waals surface area contributed by atoms with E-state index in [-0.39, 0.29) is 6.61 Å². The van der Waals surface area contributed by atoms with Crippen LogP contribution >= 0.6 is 0 Å². The lowest BCUT2D eigenvalue weighted by Crippen LogP contribution is -2.16. The molecule has 1 aliphatic rings. The molecule has 0 aromatic carbocycles. The number of rotatable bonds is 6. The van der Waals surface area contributed by atoms with E-state index in [1.54, 1.807) is 0 Å². The summed E-state index contributed by atoms with van der Waals surface area (Å²) in [7, 11) is -3.77. The molecule has 1 aliphatic carbocycles. The van der Waals surface area contributed by atoms with E-state index in [0.717, 1.165) is 19.3 Å². The van der Waals surface area contributed by atoms with Gasteiger partial charge in [-0.25, -0.2) is 5.14 Å². The Bertz CT molecular complexity index is 393. The third-order valence-corrected chi connectivity index (χ3v) is 2.71. The maximum absolute atomic E-state index is 10.5. The standard InChI is InChI=1S/C11H17NO3S/c12-16(13,14)15-10-6-5-9-11-7-3-1-2-4-8-11/h1-4,7H,5-6,8-10H2,(H2,12,13,14). The molecular formula is C11H17NO3S. The van der Waals surface area contributed by atoms with Crippen LogP contribution in [0.5, 0.6) is 0 Å². The Hall–Kier alpha value is -0.910. The fourth-order valence-electron chi connectivity index (χ4n) is 1.44. The lowest BCUT2D eigenvalue weighted by Gasteiger charge is -2.03. The Kier molecular flexibility index (Phi) is 5.45. The first-order chi connectivity index (χ1) is 7.58. The van der Waals surface area contributed by atoms with Crippen molar-refractivity contribution in [2.24, 2.45) is 5.14 Å². The molecule has 0 atom stereocenters. The fourth-order valence-corrected chi connectivity index (χ4v) is 1.79. The fraction of sp³-hybridized carbons (Fsp3) is 0.455. The molecule has 0 aromatic heterocycles. The summed E-state index contributed by atoms with van der Waals surface area (Å²) in [5, 5.41) is 4.70. The normalized spacial score (nSPS) is 15.9. The van der Waals surface area contributed by atoms with Gasteiger partial charge in [0.1, 0.15) is 0 Å². The average molecular weight is 243 g/mol. The van der Waals surface area contributed by atoms with Gasteiger partial charge in [0.25, 0.3) is 0 Å². The Morgan fingerprint density at radius 2 is 2.06 bits per heavy atom. The Morgan fingerprint density at radius 3 is 2.81 bits per heavy atom. The van der Waals surface area contributed by atoms with E-state index in [2.05, 4.69) is 16.3 Å². The second-order valence-corrected chi connectivity index (χ2v) is 4.84. The largest absolute Gasteiger partial charge is 0.333 e. The van der Waals surface area contributed by atoms with Crippen LogP contribution in [0.15, 0.2) is 36.0 Å². The van der Waals surface area contributed by atoms with Crippen LogP contribution < -0.4 is 5.14 Å². The monoisotopic (exact) mass is 243 g/mol. The Labute approximate surface area is 96.7 Å². The van der Waals surface area contributed by atoms with Gasteiger partial charge in [-0.1, -0.05) is 36.0 Å². The Morgan fingerprint density at radius 1 is 1.25 bits per heavy atom. The smallest absolute Gasteiger partial charge is 0.258 e. The molecule has 0 aromatic rings. The molecule has 5 heteroatoms. The van der Waals surface area contributed by atoms with Gasteiger partial charge in [-0.15, -0.1) is 0 Å². The van der Waals surface area contributed by atoms with Gasteiger partial charge in [0.15, 0.2) is 0 Å². The number of unbranched alkanes of at least 4 members (excludes halogenated alkanes) is 1. The van der Waals surface area contributed by atoms with Crippen molar-refractivity contribution in [3.8, 4) is 0 Å². The van der Waals surface area contributed by atoms with E-state index in [9.17, 15) is 8.42 Å². The minimum absolute atomic E-state index is 0.164. The van der Waals surface area contributed by atoms with E-state index >= 15 is 0 Å². The molecule has 90 valence electrons. The quantitative estimate of drug-likeness (QED) is 0.723. The zero-order valence-corrected chi connectivity index (χ0v) is 9.95. The van der Waals surface area contributed by atoms with Gasteiger partial charge in [0.2, 0.25) is 0 Å². The molecule has 16 heavy (non-hydrogen) atoms. The highest BCUT2D eigenvalue weighted by molar-refractivity contribution is 7.84. The van der Waals surface area contributed by atoms with Gasteiger partial charge in [-0.2, -0.15) is 8.42 Å². The molecule has 0 fully saturated rings. The SMILES string of the molecule is NS(=O)(=O)OCCCCC1=CC=CC=CC1. The summed E-state index contributed by atoms with van der Waals surface area (Å²) >= 11 is 0. The molecule has 0 aliphatic heterocycles. The first kappa shape index (κ1) is 13.2. The highest BCUT2D eigenvalue weighted by atomic mass is 32.2. The third-order valence-electron chi connectivity index (χ3n) is 2.21. The predicted molar refractivity (Wildman–Crippen MR) is 63.9 cm³/mol. The van der Waals surface area contributed by atoms with Gasteiger partial charge in [-0.3, -0.25) is 4.18 Å². The van der Waals surface area contributed by atoms with Crippen LogP contribution in [0.2, 0.25) is 0 Å². The molecule has 0 heterocycles. The molecule has 0 saturated heterocycles. The van der Waals surface area contributed by atoms with Crippen molar-refractivity contribution in [1.29, 1.82) is 0 Å². The van der Waals surface area contributed by atoms with Crippen molar-refractivity contribution in [2.45, 2.75) is 25.7 Å². The molecule has 4 nitrogen and oxygen atoms in total. The molecular weight excluding hydrogens is 226 g/mol. The first-order valence-corrected chi connectivity index (χ1v) is 6.73. The second-order valence-electron chi connectivity index (χ2n) is 3.61. The molecule has 1 rings (SSSR count). The van der Waals surface area contributed by atoms with Gasteiger partial charge in [0, 0.05) is 0 Å². The zero-order chi connectivity index (χ0) is 11.9. The summed E-state index contributed by atoms with van der Waals surface area (Å²) in [6, 6.07) is 0. The van der Waals surface area contributed by atoms with E-state index in [4.69, 9.17) is 5.14 Å². The molecule has 2 N–H and O–H groups in total. The van der Waals surface area contributed by atoms with E-state index in [1.165, 1.54) is 5.57 Å². The van der Waals surface area contributed by atoms with Crippen LogP contribution in [0.3, 0.4) is 0 Å². The van der Waals surface area contributed by atoms with Crippen LogP contribution in [0.25, 0.3) is 0 Å². The highest BCUT2D eigenvalue weighted by Crippen LogP contribution is 2.14. The summed E-state index contributed by atoms with van der Waals surface area (Å²) in [5.74, 6) is 0. The lowest BCUT2D eigenvalue weighted by atomic mass is 10.1. The molecule has 0 unspecified atom stereocenters. The van der Waals surface area contributed by atoms with Crippen LogP contribution in [-0.4, -0.2) is 15.0 Å². The van der Waals surface area contributed by atoms with Crippen molar-refractivity contribution in [3.63, 3.8) is 0 Å². The summed E-state index contributed by atoms with van der Waals surface area (Å²) in [5.41, 5.74) is 1.35. The number of nitrogens with two attached hydrogens (primary N) is 1. The summed E-state index contributed by atoms with van der Waals surface area (Å²) < 4.78 is 25.4. The highest BCUT2D eigenvalue weighted by Gasteiger charge is 2.01. The molecule has 0 radical (unpaired) electrons. The van der Waals surface area contributed by atoms with Gasteiger partial charge < -0.3 is 0 Å². The number of hydrogen-bond donors (Lipinski definition) is 1. The molecule has 0 saturated carbocycles. The predicted octanol–water partition coefficient (Wildman–Crippen LogP) is 1.82. The van der Waals surface area contributed by atoms with E-state index in [0.29, 0.717) is 6.42 Å². The minimum atomic E-state index is -3.77. The summed E-state index contributed by atoms with van der Waals surface area (Å²) in [4.78, 5) is 0. The Balaban J connectivity index is 2.14. The minimum Gasteiger partial charge on any atom is -0.258 e. The average Bonchev–Trinajstić information content (AvgIpc) is 2.44. The van der Waals surface area contributed by atoms with Crippen molar-refractivity contribution in [1.82, 2.24) is 0 Å². The number of hydrogen-bond acceptors (Lipinski definition) is 3. The van der Waals surface area contributed by atoms with Crippen molar-refractivity contribution in [2.75, 3.05) is 6.61 Å². The maximum Gasteiger partial charge on any atom is 0.333 e. The first-order valence-electron chi connectivity index (χ1n) is 5.26. The van der Waals surface area contributed by atoms with Crippen LogP contribution in [0.4, 0.5) is 0 Å². The van der Waals surface area contributed by atoms with Crippen molar-refractivity contribution >= 4 is 10.3 Å². The van der Waals surface area contributed by atoms with E-state index < -0.39 is 10.3 Å². The van der Waals surface area contributed by atoms with Gasteiger partial charge >= 0.3 is 10.3 Å². The number of allylic oxidation sites excluding steroid dienone is 6.